The monoisotopic (exact) mass is 363 g/mol. The van der Waals surface area contributed by atoms with Gasteiger partial charge in [-0.25, -0.2) is 4.98 Å². The molecule has 1 amide bonds. The molecule has 0 aliphatic heterocycles. The van der Waals surface area contributed by atoms with Crippen LogP contribution in [0.4, 0.5) is 5.82 Å². The van der Waals surface area contributed by atoms with Gasteiger partial charge in [0.1, 0.15) is 5.82 Å². The van der Waals surface area contributed by atoms with Gasteiger partial charge in [0.25, 0.3) is 0 Å². The van der Waals surface area contributed by atoms with E-state index >= 15 is 0 Å². The van der Waals surface area contributed by atoms with Gasteiger partial charge < -0.3 is 16.0 Å². The second-order valence-corrected chi connectivity index (χ2v) is 7.37. The smallest absolute Gasteiger partial charge is 0.227 e. The minimum absolute atomic E-state index is 0.0685. The van der Waals surface area contributed by atoms with Crippen LogP contribution in [0.5, 0.6) is 0 Å². The van der Waals surface area contributed by atoms with E-state index in [1.54, 1.807) is 6.07 Å². The maximum atomic E-state index is 12.0. The summed E-state index contributed by atoms with van der Waals surface area (Å²) in [6, 6.07) is 6.05. The van der Waals surface area contributed by atoms with Crippen LogP contribution in [-0.2, 0) is 4.79 Å². The highest BCUT2D eigenvalue weighted by molar-refractivity contribution is 7.99. The highest BCUT2D eigenvalue weighted by Gasteiger charge is 2.24. The number of anilines is 1. The van der Waals surface area contributed by atoms with E-state index in [2.05, 4.69) is 32.2 Å². The average molecular weight is 364 g/mol. The molecule has 0 saturated heterocycles. The van der Waals surface area contributed by atoms with E-state index in [1.807, 2.05) is 37.7 Å². The Labute approximate surface area is 154 Å². The molecule has 1 aliphatic carbocycles. The lowest BCUT2D eigenvalue weighted by Crippen LogP contribution is -2.42. The Morgan fingerprint density at radius 3 is 2.92 bits per heavy atom. The number of aryl methyl sites for hydroxylation is 1. The van der Waals surface area contributed by atoms with Gasteiger partial charge in [-0.1, -0.05) is 6.07 Å². The number of rotatable bonds is 7. The number of carbonyl (C=O) groups is 1. The molecule has 1 heterocycles. The van der Waals surface area contributed by atoms with Gasteiger partial charge in [0.15, 0.2) is 5.96 Å². The Morgan fingerprint density at radius 1 is 1.40 bits per heavy atom. The Balaban J connectivity index is 1.79. The number of aromatic nitrogens is 1. The lowest BCUT2D eigenvalue weighted by Gasteiger charge is -2.17. The standard InChI is InChI=1S/C18H29N5OS/c1-4-19-18(22-14-8-9-15(12-14)25-3)20-11-10-17(24)23-16-7-5-6-13(2)21-16/h5-7,14-15H,4,8-12H2,1-3H3,(H2,19,20,22)(H,21,23,24). The number of carbonyl (C=O) groups excluding carboxylic acids is 1. The average Bonchev–Trinajstić information content (AvgIpc) is 3.02. The Kier molecular flexibility index (Phi) is 8.04. The molecule has 2 rings (SSSR count). The van der Waals surface area contributed by atoms with Gasteiger partial charge in [-0.05, 0) is 51.5 Å². The molecule has 2 atom stereocenters. The fraction of sp³-hybridized carbons (Fsp3) is 0.611. The lowest BCUT2D eigenvalue weighted by atomic mass is 10.2. The molecule has 138 valence electrons. The van der Waals surface area contributed by atoms with Gasteiger partial charge in [0.05, 0.1) is 6.54 Å². The predicted molar refractivity (Wildman–Crippen MR) is 106 cm³/mol. The number of nitrogens with zero attached hydrogens (tertiary/aromatic N) is 2. The minimum Gasteiger partial charge on any atom is -0.357 e. The molecule has 1 aromatic rings. The summed E-state index contributed by atoms with van der Waals surface area (Å²) in [5.74, 6) is 1.32. The second kappa shape index (κ2) is 10.3. The minimum atomic E-state index is -0.0685. The number of pyridine rings is 1. The summed E-state index contributed by atoms with van der Waals surface area (Å²) in [5, 5.41) is 10.3. The normalized spacial score (nSPS) is 20.4. The van der Waals surface area contributed by atoms with Crippen molar-refractivity contribution < 1.29 is 4.79 Å². The van der Waals surface area contributed by atoms with Crippen molar-refractivity contribution in [2.45, 2.75) is 50.8 Å². The molecule has 3 N–H and O–H groups in total. The summed E-state index contributed by atoms with van der Waals surface area (Å²) in [6.45, 7) is 5.21. The number of amides is 1. The van der Waals surface area contributed by atoms with E-state index in [4.69, 9.17) is 0 Å². The summed E-state index contributed by atoms with van der Waals surface area (Å²) in [5.41, 5.74) is 0.884. The first-order chi connectivity index (χ1) is 12.1. The first-order valence-corrected chi connectivity index (χ1v) is 10.2. The van der Waals surface area contributed by atoms with Crippen molar-refractivity contribution in [3.63, 3.8) is 0 Å². The van der Waals surface area contributed by atoms with E-state index in [9.17, 15) is 4.79 Å². The van der Waals surface area contributed by atoms with Crippen LogP contribution in [0, 0.1) is 6.92 Å². The summed E-state index contributed by atoms with van der Waals surface area (Å²) in [4.78, 5) is 20.8. The lowest BCUT2D eigenvalue weighted by molar-refractivity contribution is -0.116. The van der Waals surface area contributed by atoms with Crippen LogP contribution in [0.25, 0.3) is 0 Å². The molecule has 0 aromatic carbocycles. The Morgan fingerprint density at radius 2 is 2.24 bits per heavy atom. The maximum Gasteiger partial charge on any atom is 0.227 e. The third-order valence-electron chi connectivity index (χ3n) is 4.17. The quantitative estimate of drug-likeness (QED) is 0.513. The van der Waals surface area contributed by atoms with Crippen LogP contribution in [0.1, 0.15) is 38.3 Å². The number of thioether (sulfide) groups is 1. The summed E-state index contributed by atoms with van der Waals surface area (Å²) in [6.07, 6.45) is 6.11. The molecule has 1 fully saturated rings. The number of hydrogen-bond acceptors (Lipinski definition) is 4. The van der Waals surface area contributed by atoms with E-state index in [1.165, 1.54) is 19.3 Å². The van der Waals surface area contributed by atoms with Crippen LogP contribution in [-0.4, -0.2) is 47.5 Å². The Hall–Kier alpha value is -1.76. The first-order valence-electron chi connectivity index (χ1n) is 8.92. The zero-order valence-electron chi connectivity index (χ0n) is 15.3. The molecule has 2 unspecified atom stereocenters. The molecule has 1 aliphatic rings. The van der Waals surface area contributed by atoms with Gasteiger partial charge >= 0.3 is 0 Å². The van der Waals surface area contributed by atoms with Crippen molar-refractivity contribution in [3.8, 4) is 0 Å². The molecular weight excluding hydrogens is 334 g/mol. The van der Waals surface area contributed by atoms with Crippen molar-refractivity contribution >= 4 is 29.4 Å². The molecular formula is C18H29N5OS. The highest BCUT2D eigenvalue weighted by Crippen LogP contribution is 2.27. The van der Waals surface area contributed by atoms with Gasteiger partial charge in [-0.2, -0.15) is 11.8 Å². The second-order valence-electron chi connectivity index (χ2n) is 6.24. The van der Waals surface area contributed by atoms with Crippen molar-refractivity contribution in [1.82, 2.24) is 15.6 Å². The number of aliphatic imine (C=N–C) groups is 1. The molecule has 25 heavy (non-hydrogen) atoms. The molecule has 1 saturated carbocycles. The summed E-state index contributed by atoms with van der Waals surface area (Å²) >= 11 is 1.94. The van der Waals surface area contributed by atoms with E-state index in [-0.39, 0.29) is 5.91 Å². The fourth-order valence-corrected chi connectivity index (χ4v) is 3.68. The third kappa shape index (κ3) is 6.94. The zero-order valence-corrected chi connectivity index (χ0v) is 16.2. The number of guanidine groups is 1. The van der Waals surface area contributed by atoms with E-state index in [0.717, 1.165) is 23.4 Å². The third-order valence-corrected chi connectivity index (χ3v) is 5.26. The van der Waals surface area contributed by atoms with Gasteiger partial charge in [-0.15, -0.1) is 0 Å². The van der Waals surface area contributed by atoms with E-state index < -0.39 is 0 Å². The molecule has 7 heteroatoms. The highest BCUT2D eigenvalue weighted by atomic mass is 32.2. The van der Waals surface area contributed by atoms with Crippen molar-refractivity contribution in [1.29, 1.82) is 0 Å². The van der Waals surface area contributed by atoms with Gasteiger partial charge in [0.2, 0.25) is 5.91 Å². The fourth-order valence-electron chi connectivity index (χ4n) is 2.89. The number of nitrogens with one attached hydrogen (secondary N) is 3. The van der Waals surface area contributed by atoms with E-state index in [0.29, 0.717) is 24.8 Å². The molecule has 0 radical (unpaired) electrons. The summed E-state index contributed by atoms with van der Waals surface area (Å²) in [7, 11) is 0. The van der Waals surface area contributed by atoms with Crippen molar-refractivity contribution in [3.05, 3.63) is 23.9 Å². The Bertz CT molecular complexity index is 593. The van der Waals surface area contributed by atoms with Crippen molar-refractivity contribution in [2.75, 3.05) is 24.7 Å². The van der Waals surface area contributed by atoms with Crippen LogP contribution >= 0.6 is 11.8 Å². The van der Waals surface area contributed by atoms with Crippen molar-refractivity contribution in [2.24, 2.45) is 4.99 Å². The topological polar surface area (TPSA) is 78.4 Å². The SMILES string of the molecule is CCNC(=NCCC(=O)Nc1cccc(C)n1)NC1CCC(SC)C1. The maximum absolute atomic E-state index is 12.0. The number of hydrogen-bond donors (Lipinski definition) is 3. The predicted octanol–water partition coefficient (Wildman–Crippen LogP) is 2.56. The molecule has 6 nitrogen and oxygen atoms in total. The largest absolute Gasteiger partial charge is 0.357 e. The molecule has 0 spiro atoms. The van der Waals surface area contributed by atoms with Crippen LogP contribution in [0.15, 0.2) is 23.2 Å². The van der Waals surface area contributed by atoms with Gasteiger partial charge in [-0.3, -0.25) is 9.79 Å². The van der Waals surface area contributed by atoms with Crippen LogP contribution in [0.2, 0.25) is 0 Å². The summed E-state index contributed by atoms with van der Waals surface area (Å²) < 4.78 is 0. The molecule has 1 aromatic heterocycles. The zero-order chi connectivity index (χ0) is 18.1. The van der Waals surface area contributed by atoms with Gasteiger partial charge in [0, 0.05) is 30.0 Å². The first kappa shape index (κ1) is 19.6. The van der Waals surface area contributed by atoms with Crippen LogP contribution < -0.4 is 16.0 Å². The van der Waals surface area contributed by atoms with Crippen LogP contribution in [0.3, 0.4) is 0 Å². The molecule has 0 bridgehead atoms.